The zero-order valence-electron chi connectivity index (χ0n) is 11.8. The molecule has 0 unspecified atom stereocenters. The summed E-state index contributed by atoms with van der Waals surface area (Å²) in [6.07, 6.45) is 0.887. The molecule has 100 valence electrons. The Kier molecular flexibility index (Phi) is 4.64. The van der Waals surface area contributed by atoms with Crippen LogP contribution in [0.25, 0.3) is 0 Å². The topological polar surface area (TPSA) is 58.1 Å². The molecule has 1 heterocycles. The van der Waals surface area contributed by atoms with E-state index in [0.29, 0.717) is 11.5 Å². The summed E-state index contributed by atoms with van der Waals surface area (Å²) in [5, 5.41) is 11.0. The van der Waals surface area contributed by atoms with Crippen molar-refractivity contribution >= 4 is 11.7 Å². The lowest BCUT2D eigenvalue weighted by atomic mass is 9.99. The lowest BCUT2D eigenvalue weighted by Crippen LogP contribution is -2.44. The van der Waals surface area contributed by atoms with Gasteiger partial charge in [0.2, 0.25) is 0 Å². The molecule has 1 aromatic heterocycles. The predicted molar refractivity (Wildman–Crippen MR) is 72.7 cm³/mol. The van der Waals surface area contributed by atoms with Crippen molar-refractivity contribution in [3.63, 3.8) is 0 Å². The Bertz CT molecular complexity index is 400. The van der Waals surface area contributed by atoms with Crippen LogP contribution in [-0.2, 0) is 0 Å². The highest BCUT2D eigenvalue weighted by atomic mass is 16.2. The van der Waals surface area contributed by atoms with E-state index < -0.39 is 0 Å². The van der Waals surface area contributed by atoms with Crippen molar-refractivity contribution < 1.29 is 4.79 Å². The number of aromatic nitrogens is 2. The first-order chi connectivity index (χ1) is 8.42. The molecule has 0 radical (unpaired) electrons. The second kappa shape index (κ2) is 5.80. The van der Waals surface area contributed by atoms with Crippen LogP contribution in [0, 0.1) is 0 Å². The van der Waals surface area contributed by atoms with Crippen molar-refractivity contribution in [1.29, 1.82) is 0 Å². The number of amides is 1. The molecule has 1 N–H and O–H groups in total. The second-order valence-corrected chi connectivity index (χ2v) is 4.86. The van der Waals surface area contributed by atoms with Gasteiger partial charge in [0.25, 0.3) is 5.91 Å². The largest absolute Gasteiger partial charge is 0.369 e. The standard InChI is InChI=1S/C13H22N4O/c1-6-13(3,4)17(5)12(18)10-8-9-11(14-7-2)16-15-10/h8-9H,6-7H2,1-5H3,(H,14,16). The number of carbonyl (C=O) groups is 1. The fourth-order valence-corrected chi connectivity index (χ4v) is 1.41. The molecular formula is C13H22N4O. The Balaban J connectivity index is 2.84. The van der Waals surface area contributed by atoms with Gasteiger partial charge < -0.3 is 10.2 Å². The summed E-state index contributed by atoms with van der Waals surface area (Å²) in [5.74, 6) is 0.587. The molecule has 0 aliphatic heterocycles. The van der Waals surface area contributed by atoms with Gasteiger partial charge in [-0.25, -0.2) is 0 Å². The maximum absolute atomic E-state index is 12.2. The van der Waals surface area contributed by atoms with E-state index >= 15 is 0 Å². The smallest absolute Gasteiger partial charge is 0.274 e. The number of rotatable bonds is 5. The van der Waals surface area contributed by atoms with Crippen LogP contribution in [0.1, 0.15) is 44.6 Å². The number of hydrogen-bond donors (Lipinski definition) is 1. The summed E-state index contributed by atoms with van der Waals surface area (Å²) in [5.41, 5.74) is 0.194. The van der Waals surface area contributed by atoms with E-state index in [2.05, 4.69) is 22.4 Å². The van der Waals surface area contributed by atoms with E-state index in [1.807, 2.05) is 20.8 Å². The Hall–Kier alpha value is -1.65. The fourth-order valence-electron chi connectivity index (χ4n) is 1.41. The zero-order valence-corrected chi connectivity index (χ0v) is 11.8. The van der Waals surface area contributed by atoms with E-state index in [1.165, 1.54) is 0 Å². The average Bonchev–Trinajstić information content (AvgIpc) is 2.38. The van der Waals surface area contributed by atoms with E-state index in [0.717, 1.165) is 13.0 Å². The number of carbonyl (C=O) groups excluding carboxylic acids is 1. The summed E-state index contributed by atoms with van der Waals surface area (Å²) < 4.78 is 0. The van der Waals surface area contributed by atoms with Crippen LogP contribution >= 0.6 is 0 Å². The van der Waals surface area contributed by atoms with Crippen LogP contribution in [-0.4, -0.2) is 40.1 Å². The minimum absolute atomic E-state index is 0.0996. The summed E-state index contributed by atoms with van der Waals surface area (Å²) in [7, 11) is 1.80. The van der Waals surface area contributed by atoms with Gasteiger partial charge in [0, 0.05) is 19.1 Å². The maximum atomic E-state index is 12.2. The van der Waals surface area contributed by atoms with Gasteiger partial charge in [-0.05, 0) is 39.3 Å². The second-order valence-electron chi connectivity index (χ2n) is 4.86. The first-order valence-electron chi connectivity index (χ1n) is 6.28. The predicted octanol–water partition coefficient (Wildman–Crippen LogP) is 2.17. The molecular weight excluding hydrogens is 228 g/mol. The maximum Gasteiger partial charge on any atom is 0.274 e. The molecule has 5 nitrogen and oxygen atoms in total. The molecule has 0 aliphatic rings. The molecule has 1 amide bonds. The highest BCUT2D eigenvalue weighted by molar-refractivity contribution is 5.92. The van der Waals surface area contributed by atoms with Crippen molar-refractivity contribution in [1.82, 2.24) is 15.1 Å². The Morgan fingerprint density at radius 2 is 2.00 bits per heavy atom. The highest BCUT2D eigenvalue weighted by Gasteiger charge is 2.27. The Labute approximate surface area is 109 Å². The molecule has 0 saturated carbocycles. The van der Waals surface area contributed by atoms with Crippen LogP contribution in [0.3, 0.4) is 0 Å². The van der Waals surface area contributed by atoms with Crippen molar-refractivity contribution in [2.24, 2.45) is 0 Å². The molecule has 0 saturated heterocycles. The lowest BCUT2D eigenvalue weighted by molar-refractivity contribution is 0.0613. The van der Waals surface area contributed by atoms with Crippen molar-refractivity contribution in [3.8, 4) is 0 Å². The molecule has 0 aliphatic carbocycles. The number of hydrogen-bond acceptors (Lipinski definition) is 4. The monoisotopic (exact) mass is 250 g/mol. The van der Waals surface area contributed by atoms with Crippen LogP contribution in [0.2, 0.25) is 0 Å². The Morgan fingerprint density at radius 3 is 2.44 bits per heavy atom. The molecule has 0 aromatic carbocycles. The summed E-state index contributed by atoms with van der Waals surface area (Å²) in [4.78, 5) is 13.9. The number of anilines is 1. The van der Waals surface area contributed by atoms with Crippen LogP contribution in [0.4, 0.5) is 5.82 Å². The molecule has 0 atom stereocenters. The van der Waals surface area contributed by atoms with Crippen LogP contribution in [0.5, 0.6) is 0 Å². The minimum Gasteiger partial charge on any atom is -0.369 e. The molecule has 1 rings (SSSR count). The Morgan fingerprint density at radius 1 is 1.33 bits per heavy atom. The highest BCUT2D eigenvalue weighted by Crippen LogP contribution is 2.18. The third kappa shape index (κ3) is 3.18. The van der Waals surface area contributed by atoms with Gasteiger partial charge in [-0.2, -0.15) is 0 Å². The normalized spacial score (nSPS) is 11.2. The van der Waals surface area contributed by atoms with Gasteiger partial charge in [-0.15, -0.1) is 10.2 Å². The number of nitrogens with one attached hydrogen (secondary N) is 1. The quantitative estimate of drug-likeness (QED) is 0.870. The third-order valence-electron chi connectivity index (χ3n) is 3.32. The van der Waals surface area contributed by atoms with Gasteiger partial charge in [0.15, 0.2) is 5.69 Å². The number of nitrogens with zero attached hydrogens (tertiary/aromatic N) is 3. The molecule has 1 aromatic rings. The van der Waals surface area contributed by atoms with Gasteiger partial charge in [-0.1, -0.05) is 6.92 Å². The summed E-state index contributed by atoms with van der Waals surface area (Å²) in [6.45, 7) is 8.89. The van der Waals surface area contributed by atoms with Gasteiger partial charge >= 0.3 is 0 Å². The molecule has 0 spiro atoms. The molecule has 0 bridgehead atoms. The average molecular weight is 250 g/mol. The van der Waals surface area contributed by atoms with E-state index in [4.69, 9.17) is 0 Å². The molecule has 5 heteroatoms. The van der Waals surface area contributed by atoms with Crippen LogP contribution < -0.4 is 5.32 Å². The summed E-state index contributed by atoms with van der Waals surface area (Å²) >= 11 is 0. The summed E-state index contributed by atoms with van der Waals surface area (Å²) in [6, 6.07) is 3.48. The minimum atomic E-state index is -0.181. The van der Waals surface area contributed by atoms with E-state index in [-0.39, 0.29) is 11.4 Å². The van der Waals surface area contributed by atoms with Crippen molar-refractivity contribution in [2.75, 3.05) is 18.9 Å². The third-order valence-corrected chi connectivity index (χ3v) is 3.32. The van der Waals surface area contributed by atoms with Gasteiger partial charge in [0.05, 0.1) is 0 Å². The zero-order chi connectivity index (χ0) is 13.8. The van der Waals surface area contributed by atoms with Crippen molar-refractivity contribution in [2.45, 2.75) is 39.7 Å². The van der Waals surface area contributed by atoms with Crippen LogP contribution in [0.15, 0.2) is 12.1 Å². The van der Waals surface area contributed by atoms with Crippen molar-refractivity contribution in [3.05, 3.63) is 17.8 Å². The first kappa shape index (κ1) is 14.4. The fraction of sp³-hybridized carbons (Fsp3) is 0.615. The van der Waals surface area contributed by atoms with Gasteiger partial charge in [0.1, 0.15) is 5.82 Å². The molecule has 0 fully saturated rings. The van der Waals surface area contributed by atoms with E-state index in [9.17, 15) is 4.79 Å². The SMILES string of the molecule is CCNc1ccc(C(=O)N(C)C(C)(C)CC)nn1. The van der Waals surface area contributed by atoms with Gasteiger partial charge in [-0.3, -0.25) is 4.79 Å². The van der Waals surface area contributed by atoms with E-state index in [1.54, 1.807) is 24.1 Å². The first-order valence-corrected chi connectivity index (χ1v) is 6.28. The lowest BCUT2D eigenvalue weighted by Gasteiger charge is -2.34. The molecule has 18 heavy (non-hydrogen) atoms.